The molecular formula is C13H28N2. The molecule has 2 nitrogen and oxygen atoms in total. The standard InChI is InChI=1S/C13H28N2/c1-5-15(10(2)3)13-8-11(4)6-7-12(13)9-14/h10-13H,5-9,14H2,1-4H3. The van der Waals surface area contributed by atoms with E-state index in [1.165, 1.54) is 19.3 Å². The topological polar surface area (TPSA) is 29.3 Å². The van der Waals surface area contributed by atoms with Crippen LogP contribution >= 0.6 is 0 Å². The van der Waals surface area contributed by atoms with Crippen LogP contribution in [0, 0.1) is 11.8 Å². The van der Waals surface area contributed by atoms with E-state index in [0.29, 0.717) is 6.04 Å². The van der Waals surface area contributed by atoms with E-state index in [0.717, 1.165) is 31.0 Å². The fourth-order valence-corrected chi connectivity index (χ4v) is 3.08. The van der Waals surface area contributed by atoms with Crippen molar-refractivity contribution >= 4 is 0 Å². The van der Waals surface area contributed by atoms with E-state index in [2.05, 4.69) is 32.6 Å². The summed E-state index contributed by atoms with van der Waals surface area (Å²) in [6.45, 7) is 11.3. The summed E-state index contributed by atoms with van der Waals surface area (Å²) in [6.07, 6.45) is 4.04. The molecule has 0 saturated heterocycles. The number of hydrogen-bond donors (Lipinski definition) is 1. The Labute approximate surface area is 95.2 Å². The highest BCUT2D eigenvalue weighted by Gasteiger charge is 2.32. The highest BCUT2D eigenvalue weighted by Crippen LogP contribution is 2.32. The zero-order chi connectivity index (χ0) is 11.4. The van der Waals surface area contributed by atoms with Gasteiger partial charge >= 0.3 is 0 Å². The largest absolute Gasteiger partial charge is 0.330 e. The van der Waals surface area contributed by atoms with Crippen LogP contribution in [0.25, 0.3) is 0 Å². The lowest BCUT2D eigenvalue weighted by Gasteiger charge is -2.43. The highest BCUT2D eigenvalue weighted by molar-refractivity contribution is 4.87. The Morgan fingerprint density at radius 2 is 2.00 bits per heavy atom. The minimum Gasteiger partial charge on any atom is -0.330 e. The van der Waals surface area contributed by atoms with Crippen molar-refractivity contribution in [3.05, 3.63) is 0 Å². The number of hydrogen-bond acceptors (Lipinski definition) is 2. The SMILES string of the molecule is CCN(C(C)C)C1CC(C)CCC1CN. The van der Waals surface area contributed by atoms with E-state index in [4.69, 9.17) is 5.73 Å². The molecule has 0 bridgehead atoms. The lowest BCUT2D eigenvalue weighted by Crippen LogP contribution is -2.49. The minimum absolute atomic E-state index is 0.652. The summed E-state index contributed by atoms with van der Waals surface area (Å²) in [5.74, 6) is 1.61. The van der Waals surface area contributed by atoms with E-state index in [9.17, 15) is 0 Å². The van der Waals surface area contributed by atoms with Crippen molar-refractivity contribution in [1.29, 1.82) is 0 Å². The third-order valence-electron chi connectivity index (χ3n) is 3.98. The monoisotopic (exact) mass is 212 g/mol. The molecule has 2 N–H and O–H groups in total. The predicted octanol–water partition coefficient (Wildman–Crippen LogP) is 2.48. The Bertz CT molecular complexity index is 179. The van der Waals surface area contributed by atoms with Crippen LogP contribution in [-0.2, 0) is 0 Å². The van der Waals surface area contributed by atoms with Crippen LogP contribution in [0.5, 0.6) is 0 Å². The number of nitrogens with two attached hydrogens (primary N) is 1. The average molecular weight is 212 g/mol. The summed E-state index contributed by atoms with van der Waals surface area (Å²) in [4.78, 5) is 2.63. The second kappa shape index (κ2) is 5.86. The van der Waals surface area contributed by atoms with Crippen LogP contribution in [0.15, 0.2) is 0 Å². The second-order valence-electron chi connectivity index (χ2n) is 5.41. The van der Waals surface area contributed by atoms with Gasteiger partial charge < -0.3 is 5.73 Å². The molecule has 1 rings (SSSR count). The quantitative estimate of drug-likeness (QED) is 0.776. The molecule has 0 spiro atoms. The average Bonchev–Trinajstić information content (AvgIpc) is 2.18. The van der Waals surface area contributed by atoms with Crippen LogP contribution in [-0.4, -0.2) is 30.1 Å². The van der Waals surface area contributed by atoms with Crippen LogP contribution in [0.3, 0.4) is 0 Å². The molecule has 1 fully saturated rings. The van der Waals surface area contributed by atoms with Gasteiger partial charge in [0.05, 0.1) is 0 Å². The van der Waals surface area contributed by atoms with Crippen LogP contribution in [0.1, 0.15) is 47.0 Å². The molecule has 0 heterocycles. The van der Waals surface area contributed by atoms with Gasteiger partial charge in [-0.05, 0) is 51.6 Å². The van der Waals surface area contributed by atoms with Crippen molar-refractivity contribution < 1.29 is 0 Å². The molecule has 0 aromatic heterocycles. The smallest absolute Gasteiger partial charge is 0.0141 e. The molecule has 15 heavy (non-hydrogen) atoms. The van der Waals surface area contributed by atoms with Gasteiger partial charge in [0, 0.05) is 12.1 Å². The van der Waals surface area contributed by atoms with Gasteiger partial charge in [0.25, 0.3) is 0 Å². The molecule has 3 unspecified atom stereocenters. The first-order chi connectivity index (χ1) is 7.10. The van der Waals surface area contributed by atoms with Gasteiger partial charge in [-0.25, -0.2) is 0 Å². The molecule has 0 aliphatic heterocycles. The summed E-state index contributed by atoms with van der Waals surface area (Å²) in [7, 11) is 0. The Morgan fingerprint density at radius 3 is 2.47 bits per heavy atom. The first-order valence-corrected chi connectivity index (χ1v) is 6.55. The summed E-state index contributed by atoms with van der Waals surface area (Å²) in [5, 5.41) is 0. The minimum atomic E-state index is 0.652. The summed E-state index contributed by atoms with van der Waals surface area (Å²) >= 11 is 0. The van der Waals surface area contributed by atoms with Gasteiger partial charge in [-0.2, -0.15) is 0 Å². The first kappa shape index (κ1) is 13.0. The molecule has 0 amide bonds. The molecule has 1 aliphatic rings. The van der Waals surface area contributed by atoms with Crippen molar-refractivity contribution in [3.8, 4) is 0 Å². The Balaban J connectivity index is 2.68. The van der Waals surface area contributed by atoms with E-state index in [1.807, 2.05) is 0 Å². The van der Waals surface area contributed by atoms with Crippen molar-refractivity contribution in [1.82, 2.24) is 4.90 Å². The maximum atomic E-state index is 5.91. The van der Waals surface area contributed by atoms with Gasteiger partial charge in [0.1, 0.15) is 0 Å². The Morgan fingerprint density at radius 1 is 1.33 bits per heavy atom. The summed E-state index contributed by atoms with van der Waals surface area (Å²) in [6, 6.07) is 1.38. The molecule has 2 heteroatoms. The van der Waals surface area contributed by atoms with Crippen LogP contribution in [0.2, 0.25) is 0 Å². The Kier molecular flexibility index (Phi) is 5.07. The van der Waals surface area contributed by atoms with Crippen molar-refractivity contribution in [2.45, 2.75) is 59.0 Å². The zero-order valence-corrected chi connectivity index (χ0v) is 10.9. The molecule has 0 aromatic rings. The number of rotatable bonds is 4. The lowest BCUT2D eigenvalue weighted by molar-refractivity contribution is 0.0659. The fourth-order valence-electron chi connectivity index (χ4n) is 3.08. The normalized spacial score (nSPS) is 32.6. The summed E-state index contributed by atoms with van der Waals surface area (Å²) in [5.41, 5.74) is 5.91. The molecular weight excluding hydrogens is 184 g/mol. The van der Waals surface area contributed by atoms with Crippen molar-refractivity contribution in [2.75, 3.05) is 13.1 Å². The van der Waals surface area contributed by atoms with Gasteiger partial charge in [-0.1, -0.05) is 20.3 Å². The molecule has 3 atom stereocenters. The van der Waals surface area contributed by atoms with Crippen LogP contribution < -0.4 is 5.73 Å². The summed E-state index contributed by atoms with van der Waals surface area (Å²) < 4.78 is 0. The lowest BCUT2D eigenvalue weighted by atomic mass is 9.78. The maximum Gasteiger partial charge on any atom is 0.0141 e. The number of nitrogens with zero attached hydrogens (tertiary/aromatic N) is 1. The Hall–Kier alpha value is -0.0800. The van der Waals surface area contributed by atoms with E-state index in [1.54, 1.807) is 0 Å². The van der Waals surface area contributed by atoms with Gasteiger partial charge in [0.15, 0.2) is 0 Å². The highest BCUT2D eigenvalue weighted by atomic mass is 15.2. The molecule has 90 valence electrons. The first-order valence-electron chi connectivity index (χ1n) is 6.55. The van der Waals surface area contributed by atoms with Gasteiger partial charge in [-0.3, -0.25) is 4.90 Å². The molecule has 1 aliphatic carbocycles. The van der Waals surface area contributed by atoms with E-state index < -0.39 is 0 Å². The molecule has 1 saturated carbocycles. The predicted molar refractivity (Wildman–Crippen MR) is 66.9 cm³/mol. The molecule has 0 aromatic carbocycles. The fraction of sp³-hybridized carbons (Fsp3) is 1.00. The maximum absolute atomic E-state index is 5.91. The van der Waals surface area contributed by atoms with Crippen LogP contribution in [0.4, 0.5) is 0 Å². The molecule has 0 radical (unpaired) electrons. The van der Waals surface area contributed by atoms with Gasteiger partial charge in [0.2, 0.25) is 0 Å². The van der Waals surface area contributed by atoms with Gasteiger partial charge in [-0.15, -0.1) is 0 Å². The zero-order valence-electron chi connectivity index (χ0n) is 10.9. The van der Waals surface area contributed by atoms with Crippen molar-refractivity contribution in [3.63, 3.8) is 0 Å². The third kappa shape index (κ3) is 3.18. The second-order valence-corrected chi connectivity index (χ2v) is 5.41. The van der Waals surface area contributed by atoms with E-state index >= 15 is 0 Å². The third-order valence-corrected chi connectivity index (χ3v) is 3.98. The van der Waals surface area contributed by atoms with Crippen molar-refractivity contribution in [2.24, 2.45) is 17.6 Å². The van der Waals surface area contributed by atoms with E-state index in [-0.39, 0.29) is 0 Å².